The molecular weight excluding hydrogens is 779 g/mol. The van der Waals surface area contributed by atoms with Crippen molar-refractivity contribution in [1.82, 2.24) is 19.5 Å². The highest BCUT2D eigenvalue weighted by molar-refractivity contribution is 6.12. The van der Waals surface area contributed by atoms with Gasteiger partial charge < -0.3 is 4.57 Å². The second-order valence-corrected chi connectivity index (χ2v) is 16.6. The van der Waals surface area contributed by atoms with Crippen LogP contribution in [0.3, 0.4) is 0 Å². The Balaban J connectivity index is 1.06. The lowest BCUT2D eigenvalue weighted by atomic mass is 9.70. The van der Waals surface area contributed by atoms with E-state index in [-0.39, 0.29) is 0 Å². The highest BCUT2D eigenvalue weighted by Crippen LogP contribution is 2.63. The third-order valence-electron chi connectivity index (χ3n) is 13.3. The van der Waals surface area contributed by atoms with E-state index in [1.807, 2.05) is 78.9 Å². The van der Waals surface area contributed by atoms with E-state index in [9.17, 15) is 5.26 Å². The molecule has 64 heavy (non-hydrogen) atoms. The molecule has 0 aliphatic heterocycles. The molecule has 0 fully saturated rings. The molecule has 0 amide bonds. The lowest BCUT2D eigenvalue weighted by Crippen LogP contribution is -2.25. The van der Waals surface area contributed by atoms with Gasteiger partial charge in [0.05, 0.1) is 27.7 Å². The van der Waals surface area contributed by atoms with Crippen LogP contribution in [0.2, 0.25) is 0 Å². The molecule has 0 radical (unpaired) electrons. The minimum atomic E-state index is -0.508. The second kappa shape index (κ2) is 13.9. The Bertz CT molecular complexity index is 3630. The summed E-state index contributed by atoms with van der Waals surface area (Å²) < 4.78 is 2.27. The summed E-state index contributed by atoms with van der Waals surface area (Å²) in [5.41, 5.74) is 17.9. The highest BCUT2D eigenvalue weighted by Gasteiger charge is 2.52. The Morgan fingerprint density at radius 2 is 0.875 bits per heavy atom. The molecule has 13 rings (SSSR count). The third-order valence-corrected chi connectivity index (χ3v) is 13.3. The number of benzene rings is 9. The molecule has 0 saturated heterocycles. The van der Waals surface area contributed by atoms with Gasteiger partial charge in [-0.3, -0.25) is 0 Å². The Kier molecular flexibility index (Phi) is 7.82. The van der Waals surface area contributed by atoms with Gasteiger partial charge in [0.15, 0.2) is 17.5 Å². The molecule has 0 atom stereocenters. The summed E-state index contributed by atoms with van der Waals surface area (Å²) in [5, 5.41) is 13.3. The van der Waals surface area contributed by atoms with Crippen LogP contribution >= 0.6 is 0 Å². The second-order valence-electron chi connectivity index (χ2n) is 16.6. The van der Waals surface area contributed by atoms with Gasteiger partial charge in [-0.05, 0) is 98.1 Å². The van der Waals surface area contributed by atoms with E-state index in [1.165, 1.54) is 55.6 Å². The summed E-state index contributed by atoms with van der Waals surface area (Å²) in [6, 6.07) is 77.5. The molecule has 0 N–H and O–H groups in total. The predicted octanol–water partition coefficient (Wildman–Crippen LogP) is 13.9. The van der Waals surface area contributed by atoms with Crippen LogP contribution in [-0.4, -0.2) is 19.5 Å². The van der Waals surface area contributed by atoms with E-state index in [2.05, 4.69) is 144 Å². The molecule has 296 valence electrons. The zero-order valence-corrected chi connectivity index (χ0v) is 34.4. The van der Waals surface area contributed by atoms with Crippen molar-refractivity contribution in [2.75, 3.05) is 0 Å². The van der Waals surface area contributed by atoms with E-state index in [0.717, 1.165) is 44.2 Å². The van der Waals surface area contributed by atoms with Crippen molar-refractivity contribution in [2.24, 2.45) is 0 Å². The number of rotatable bonds is 5. The van der Waals surface area contributed by atoms with Crippen LogP contribution in [0.1, 0.15) is 27.8 Å². The number of nitriles is 1. The highest BCUT2D eigenvalue weighted by atomic mass is 15.0. The van der Waals surface area contributed by atoms with Crippen molar-refractivity contribution in [3.8, 4) is 79.3 Å². The molecule has 2 aromatic heterocycles. The molecule has 5 heteroatoms. The normalized spacial score (nSPS) is 12.8. The fourth-order valence-electron chi connectivity index (χ4n) is 10.6. The van der Waals surface area contributed by atoms with Gasteiger partial charge >= 0.3 is 0 Å². The zero-order valence-electron chi connectivity index (χ0n) is 34.4. The van der Waals surface area contributed by atoms with Crippen molar-refractivity contribution in [3.63, 3.8) is 0 Å². The molecular formula is C59H35N5. The van der Waals surface area contributed by atoms with Gasteiger partial charge in [0.25, 0.3) is 0 Å². The van der Waals surface area contributed by atoms with E-state index >= 15 is 0 Å². The first-order chi connectivity index (χ1) is 31.7. The average Bonchev–Trinajstić information content (AvgIpc) is 3.97. The van der Waals surface area contributed by atoms with E-state index in [0.29, 0.717) is 23.0 Å². The number of fused-ring (bicyclic) bond motifs is 13. The van der Waals surface area contributed by atoms with Crippen LogP contribution < -0.4 is 0 Å². The first kappa shape index (κ1) is 36.0. The van der Waals surface area contributed by atoms with Gasteiger partial charge in [-0.2, -0.15) is 5.26 Å². The Labute approximate surface area is 369 Å². The molecule has 0 bridgehead atoms. The molecule has 2 heterocycles. The minimum Gasteiger partial charge on any atom is -0.308 e. The van der Waals surface area contributed by atoms with Crippen molar-refractivity contribution in [1.29, 1.82) is 5.26 Å². The number of nitrogens with zero attached hydrogens (tertiary/aromatic N) is 5. The standard InChI is InChI=1S/C59H35N5/c60-36-42-32-41(58-62-56(38-18-6-2-7-19-38)61-57(63-58)39-20-8-3-9-21-39)29-31-53(42)64-54-27-15-12-24-45(54)48-34-52-47(35-55(48)64)46-33-40(37-16-4-1-5-17-37)28-30-51(46)59(52)49-25-13-10-22-43(49)44-23-11-14-26-50(44)59/h1-35H. The summed E-state index contributed by atoms with van der Waals surface area (Å²) in [7, 11) is 0. The number of aromatic nitrogens is 4. The van der Waals surface area contributed by atoms with Crippen LogP contribution in [-0.2, 0) is 5.41 Å². The molecule has 5 nitrogen and oxygen atoms in total. The van der Waals surface area contributed by atoms with Gasteiger partial charge in [0.2, 0.25) is 0 Å². The van der Waals surface area contributed by atoms with Gasteiger partial charge in [-0.15, -0.1) is 0 Å². The largest absolute Gasteiger partial charge is 0.308 e. The first-order valence-electron chi connectivity index (χ1n) is 21.6. The summed E-state index contributed by atoms with van der Waals surface area (Å²) in [4.78, 5) is 14.9. The molecule has 2 aliphatic rings. The van der Waals surface area contributed by atoms with Crippen LogP contribution in [0.25, 0.3) is 95.0 Å². The van der Waals surface area contributed by atoms with Gasteiger partial charge in [-0.1, -0.05) is 170 Å². The summed E-state index contributed by atoms with van der Waals surface area (Å²) in [5.74, 6) is 1.65. The van der Waals surface area contributed by atoms with E-state index in [1.54, 1.807) is 0 Å². The molecule has 9 aromatic carbocycles. The first-order valence-corrected chi connectivity index (χ1v) is 21.6. The SMILES string of the molecule is N#Cc1cc(-c2nc(-c3ccccc3)nc(-c3ccccc3)n2)ccc1-n1c2ccccc2c2cc3c(cc21)-c1cc(-c2ccccc2)ccc1C31c2ccccc2-c2ccccc21. The molecule has 0 saturated carbocycles. The Hall–Kier alpha value is -8.72. The van der Waals surface area contributed by atoms with E-state index < -0.39 is 5.41 Å². The summed E-state index contributed by atoms with van der Waals surface area (Å²) >= 11 is 0. The Morgan fingerprint density at radius 3 is 1.52 bits per heavy atom. The van der Waals surface area contributed by atoms with Crippen LogP contribution in [0.5, 0.6) is 0 Å². The van der Waals surface area contributed by atoms with Gasteiger partial charge in [0, 0.05) is 27.5 Å². The van der Waals surface area contributed by atoms with Crippen molar-refractivity contribution in [3.05, 3.63) is 240 Å². The number of para-hydroxylation sites is 1. The van der Waals surface area contributed by atoms with Gasteiger partial charge in [-0.25, -0.2) is 15.0 Å². The number of hydrogen-bond donors (Lipinski definition) is 0. The third kappa shape index (κ3) is 5.14. The van der Waals surface area contributed by atoms with Crippen molar-refractivity contribution in [2.45, 2.75) is 5.41 Å². The summed E-state index contributed by atoms with van der Waals surface area (Å²) in [6.45, 7) is 0. The van der Waals surface area contributed by atoms with Crippen LogP contribution in [0.4, 0.5) is 0 Å². The zero-order chi connectivity index (χ0) is 42.4. The maximum atomic E-state index is 11.0. The maximum absolute atomic E-state index is 11.0. The topological polar surface area (TPSA) is 67.4 Å². The van der Waals surface area contributed by atoms with Crippen molar-refractivity contribution < 1.29 is 0 Å². The van der Waals surface area contributed by atoms with Crippen molar-refractivity contribution >= 4 is 21.8 Å². The predicted molar refractivity (Wildman–Crippen MR) is 257 cm³/mol. The van der Waals surface area contributed by atoms with E-state index in [4.69, 9.17) is 15.0 Å². The van der Waals surface area contributed by atoms with Crippen LogP contribution in [0.15, 0.2) is 212 Å². The molecule has 2 aliphatic carbocycles. The van der Waals surface area contributed by atoms with Crippen LogP contribution in [0, 0.1) is 11.3 Å². The number of hydrogen-bond acceptors (Lipinski definition) is 4. The Morgan fingerprint density at radius 1 is 0.359 bits per heavy atom. The van der Waals surface area contributed by atoms with Gasteiger partial charge in [0.1, 0.15) is 6.07 Å². The fraction of sp³-hybridized carbons (Fsp3) is 0.0169. The molecule has 0 unspecified atom stereocenters. The smallest absolute Gasteiger partial charge is 0.164 e. The lowest BCUT2D eigenvalue weighted by molar-refractivity contribution is 0.795. The quantitative estimate of drug-likeness (QED) is 0.174. The monoisotopic (exact) mass is 813 g/mol. The summed E-state index contributed by atoms with van der Waals surface area (Å²) in [6.07, 6.45) is 0. The molecule has 11 aromatic rings. The lowest BCUT2D eigenvalue weighted by Gasteiger charge is -2.30. The average molecular weight is 814 g/mol. The minimum absolute atomic E-state index is 0.504. The molecule has 1 spiro atoms. The fourth-order valence-corrected chi connectivity index (χ4v) is 10.6. The maximum Gasteiger partial charge on any atom is 0.164 e.